The van der Waals surface area contributed by atoms with Crippen LogP contribution in [0.4, 0.5) is 11.5 Å². The average Bonchev–Trinajstić information content (AvgIpc) is 2.50. The van der Waals surface area contributed by atoms with E-state index in [1.807, 2.05) is 37.1 Å². The molecule has 108 valence electrons. The van der Waals surface area contributed by atoms with E-state index in [0.29, 0.717) is 10.7 Å². The van der Waals surface area contributed by atoms with Gasteiger partial charge in [-0.1, -0.05) is 24.6 Å². The van der Waals surface area contributed by atoms with Crippen molar-refractivity contribution in [3.05, 3.63) is 46.4 Å². The van der Waals surface area contributed by atoms with Crippen molar-refractivity contribution >= 4 is 23.1 Å². The van der Waals surface area contributed by atoms with Gasteiger partial charge in [-0.05, 0) is 31.5 Å². The van der Waals surface area contributed by atoms with Crippen molar-refractivity contribution in [2.75, 3.05) is 11.9 Å². The molecule has 0 N–H and O–H groups in total. The molecule has 5 heteroatoms. The summed E-state index contributed by atoms with van der Waals surface area (Å²) in [6.45, 7) is 3.98. The minimum Gasteiger partial charge on any atom is -0.329 e. The van der Waals surface area contributed by atoms with Crippen LogP contribution in [-0.4, -0.2) is 17.0 Å². The SMILES string of the molecule is CCCc1nc(Cl)c(C)c(N(C)c2cccc(C#N)c2)n1. The Kier molecular flexibility index (Phi) is 4.77. The van der Waals surface area contributed by atoms with Gasteiger partial charge in [0.1, 0.15) is 16.8 Å². The lowest BCUT2D eigenvalue weighted by atomic mass is 10.2. The fraction of sp³-hybridized carbons (Fsp3) is 0.312. The molecule has 1 aromatic carbocycles. The number of aromatic nitrogens is 2. The van der Waals surface area contributed by atoms with Crippen LogP contribution in [0.25, 0.3) is 0 Å². The second-order valence-corrected chi connectivity index (χ2v) is 5.21. The normalized spacial score (nSPS) is 10.2. The summed E-state index contributed by atoms with van der Waals surface area (Å²) in [6.07, 6.45) is 1.76. The number of nitrogens with zero attached hydrogens (tertiary/aromatic N) is 4. The maximum Gasteiger partial charge on any atom is 0.140 e. The van der Waals surface area contributed by atoms with E-state index >= 15 is 0 Å². The Morgan fingerprint density at radius 2 is 2.10 bits per heavy atom. The number of aryl methyl sites for hydroxylation is 1. The van der Waals surface area contributed by atoms with Crippen molar-refractivity contribution in [1.29, 1.82) is 5.26 Å². The smallest absolute Gasteiger partial charge is 0.140 e. The lowest BCUT2D eigenvalue weighted by Crippen LogP contribution is -2.15. The van der Waals surface area contributed by atoms with Gasteiger partial charge in [-0.2, -0.15) is 5.26 Å². The highest BCUT2D eigenvalue weighted by molar-refractivity contribution is 6.30. The number of halogens is 1. The zero-order valence-electron chi connectivity index (χ0n) is 12.4. The fourth-order valence-corrected chi connectivity index (χ4v) is 2.27. The second kappa shape index (κ2) is 6.55. The fourth-order valence-electron chi connectivity index (χ4n) is 2.09. The Hall–Kier alpha value is -2.12. The third kappa shape index (κ3) is 3.32. The molecule has 2 aromatic rings. The average molecular weight is 301 g/mol. The van der Waals surface area contributed by atoms with Gasteiger partial charge in [0.15, 0.2) is 0 Å². The van der Waals surface area contributed by atoms with Crippen LogP contribution in [0.5, 0.6) is 0 Å². The molecule has 0 aliphatic carbocycles. The lowest BCUT2D eigenvalue weighted by Gasteiger charge is -2.21. The molecule has 0 atom stereocenters. The largest absolute Gasteiger partial charge is 0.329 e. The first-order chi connectivity index (χ1) is 10.1. The Morgan fingerprint density at radius 3 is 2.76 bits per heavy atom. The molecule has 4 nitrogen and oxygen atoms in total. The molecule has 2 rings (SSSR count). The van der Waals surface area contributed by atoms with E-state index < -0.39 is 0 Å². The molecule has 1 aromatic heterocycles. The van der Waals surface area contributed by atoms with Crippen molar-refractivity contribution < 1.29 is 0 Å². The third-order valence-electron chi connectivity index (χ3n) is 3.26. The van der Waals surface area contributed by atoms with E-state index in [1.54, 1.807) is 6.07 Å². The van der Waals surface area contributed by atoms with Crippen LogP contribution >= 0.6 is 11.6 Å². The van der Waals surface area contributed by atoms with Crippen LogP contribution < -0.4 is 4.90 Å². The molecule has 0 saturated carbocycles. The highest BCUT2D eigenvalue weighted by atomic mass is 35.5. The molecule has 0 spiro atoms. The van der Waals surface area contributed by atoms with Crippen LogP contribution in [0.1, 0.15) is 30.3 Å². The van der Waals surface area contributed by atoms with Gasteiger partial charge in [0.2, 0.25) is 0 Å². The second-order valence-electron chi connectivity index (χ2n) is 4.85. The van der Waals surface area contributed by atoms with Crippen molar-refractivity contribution in [3.63, 3.8) is 0 Å². The Bertz CT molecular complexity index is 691. The maximum atomic E-state index is 9.01. The topological polar surface area (TPSA) is 52.8 Å². The highest BCUT2D eigenvalue weighted by Gasteiger charge is 2.14. The summed E-state index contributed by atoms with van der Waals surface area (Å²) in [5, 5.41) is 9.49. The Balaban J connectivity index is 2.46. The molecule has 0 radical (unpaired) electrons. The predicted molar refractivity (Wildman–Crippen MR) is 85.0 cm³/mol. The molecule has 0 aliphatic rings. The minimum absolute atomic E-state index is 0.478. The van der Waals surface area contributed by atoms with E-state index in [4.69, 9.17) is 16.9 Å². The van der Waals surface area contributed by atoms with Crippen molar-refractivity contribution in [2.45, 2.75) is 26.7 Å². The van der Waals surface area contributed by atoms with Crippen LogP contribution in [-0.2, 0) is 6.42 Å². The van der Waals surface area contributed by atoms with Crippen molar-refractivity contribution in [1.82, 2.24) is 9.97 Å². The van der Waals surface area contributed by atoms with E-state index in [-0.39, 0.29) is 0 Å². The summed E-state index contributed by atoms with van der Waals surface area (Å²) in [6, 6.07) is 9.55. The number of nitriles is 1. The lowest BCUT2D eigenvalue weighted by molar-refractivity contribution is 0.826. The number of rotatable bonds is 4. The van der Waals surface area contributed by atoms with Gasteiger partial charge in [0, 0.05) is 24.7 Å². The monoisotopic (exact) mass is 300 g/mol. The van der Waals surface area contributed by atoms with Crippen LogP contribution in [0.3, 0.4) is 0 Å². The first kappa shape index (κ1) is 15.3. The summed E-state index contributed by atoms with van der Waals surface area (Å²) < 4.78 is 0. The maximum absolute atomic E-state index is 9.01. The van der Waals surface area contributed by atoms with Gasteiger partial charge >= 0.3 is 0 Å². The van der Waals surface area contributed by atoms with Gasteiger partial charge in [0.05, 0.1) is 11.6 Å². The summed E-state index contributed by atoms with van der Waals surface area (Å²) >= 11 is 6.21. The minimum atomic E-state index is 0.478. The molecule has 1 heterocycles. The van der Waals surface area contributed by atoms with Crippen molar-refractivity contribution in [3.8, 4) is 6.07 Å². The number of hydrogen-bond acceptors (Lipinski definition) is 4. The standard InChI is InChI=1S/C16H17ClN4/c1-4-6-14-19-15(17)11(2)16(20-14)21(3)13-8-5-7-12(9-13)10-18/h5,7-9H,4,6H2,1-3H3. The molecular formula is C16H17ClN4. The molecule has 21 heavy (non-hydrogen) atoms. The van der Waals surface area contributed by atoms with E-state index in [2.05, 4.69) is 23.0 Å². The zero-order valence-corrected chi connectivity index (χ0v) is 13.1. The van der Waals surface area contributed by atoms with E-state index in [9.17, 15) is 0 Å². The third-order valence-corrected chi connectivity index (χ3v) is 3.63. The molecule has 0 fully saturated rings. The van der Waals surface area contributed by atoms with Crippen molar-refractivity contribution in [2.24, 2.45) is 0 Å². The molecule has 0 saturated heterocycles. The molecule has 0 unspecified atom stereocenters. The first-order valence-electron chi connectivity index (χ1n) is 6.83. The van der Waals surface area contributed by atoms with Gasteiger partial charge in [-0.15, -0.1) is 0 Å². The number of benzene rings is 1. The predicted octanol–water partition coefficient (Wildman–Crippen LogP) is 4.03. The summed E-state index contributed by atoms with van der Waals surface area (Å²) in [5.41, 5.74) is 2.35. The first-order valence-corrected chi connectivity index (χ1v) is 7.21. The van der Waals surface area contributed by atoms with Gasteiger partial charge in [-0.25, -0.2) is 9.97 Å². The zero-order chi connectivity index (χ0) is 15.4. The number of hydrogen-bond donors (Lipinski definition) is 0. The summed E-state index contributed by atoms with van der Waals surface area (Å²) in [5.74, 6) is 1.51. The highest BCUT2D eigenvalue weighted by Crippen LogP contribution is 2.28. The van der Waals surface area contributed by atoms with Crippen LogP contribution in [0.15, 0.2) is 24.3 Å². The van der Waals surface area contributed by atoms with E-state index in [1.165, 1.54) is 0 Å². The summed E-state index contributed by atoms with van der Waals surface area (Å²) in [4.78, 5) is 10.8. The Labute approximate surface area is 130 Å². The quantitative estimate of drug-likeness (QED) is 0.800. The molecule has 0 aliphatic heterocycles. The van der Waals surface area contributed by atoms with E-state index in [0.717, 1.165) is 35.7 Å². The molecule has 0 bridgehead atoms. The summed E-state index contributed by atoms with van der Waals surface area (Å²) in [7, 11) is 1.91. The molecular weight excluding hydrogens is 284 g/mol. The van der Waals surface area contributed by atoms with Gasteiger partial charge < -0.3 is 4.90 Å². The van der Waals surface area contributed by atoms with Gasteiger partial charge in [-0.3, -0.25) is 0 Å². The van der Waals surface area contributed by atoms with Gasteiger partial charge in [0.25, 0.3) is 0 Å². The number of anilines is 2. The van der Waals surface area contributed by atoms with Crippen LogP contribution in [0.2, 0.25) is 5.15 Å². The van der Waals surface area contributed by atoms with Crippen LogP contribution in [0, 0.1) is 18.3 Å². The molecule has 0 amide bonds. The Morgan fingerprint density at radius 1 is 1.33 bits per heavy atom.